The van der Waals surface area contributed by atoms with Crippen molar-refractivity contribution in [2.24, 2.45) is 5.41 Å². The summed E-state index contributed by atoms with van der Waals surface area (Å²) >= 11 is 12.6. The zero-order chi connectivity index (χ0) is 30.1. The predicted octanol–water partition coefficient (Wildman–Crippen LogP) is 4.59. The SMILES string of the molecule is CC1(C)CCC2(CC1)N[C@@H](C(=O)N[C@H]1CC[C@](O)(CO)CC1)[C@H](c1ccnc(Cl)c1F)[C@]21C(=O)Nc2cc(Cl)ccc21. The summed E-state index contributed by atoms with van der Waals surface area (Å²) in [5.41, 5.74) is -1.91. The molecule has 1 aromatic heterocycles. The Kier molecular flexibility index (Phi) is 7.37. The van der Waals surface area contributed by atoms with E-state index in [4.69, 9.17) is 23.2 Å². The number of pyridine rings is 1. The summed E-state index contributed by atoms with van der Waals surface area (Å²) in [7, 11) is 0. The van der Waals surface area contributed by atoms with Crippen LogP contribution in [0.1, 0.15) is 82.3 Å². The molecule has 2 saturated carbocycles. The normalized spacial score (nSPS) is 33.0. The van der Waals surface area contributed by atoms with Crippen LogP contribution in [0.2, 0.25) is 10.2 Å². The molecule has 6 rings (SSSR count). The summed E-state index contributed by atoms with van der Waals surface area (Å²) in [4.78, 5) is 32.7. The first-order valence-corrected chi connectivity index (χ1v) is 15.4. The fraction of sp³-hybridized carbons (Fsp3) is 0.581. The molecule has 4 aliphatic rings. The largest absolute Gasteiger partial charge is 0.393 e. The van der Waals surface area contributed by atoms with Gasteiger partial charge in [0.15, 0.2) is 11.0 Å². The van der Waals surface area contributed by atoms with Gasteiger partial charge >= 0.3 is 0 Å². The molecule has 226 valence electrons. The Morgan fingerprint density at radius 2 is 1.81 bits per heavy atom. The topological polar surface area (TPSA) is 124 Å². The van der Waals surface area contributed by atoms with Gasteiger partial charge in [-0.15, -0.1) is 0 Å². The fourth-order valence-electron chi connectivity index (χ4n) is 8.08. The van der Waals surface area contributed by atoms with Crippen LogP contribution >= 0.6 is 23.2 Å². The quantitative estimate of drug-likeness (QED) is 0.319. The van der Waals surface area contributed by atoms with E-state index in [2.05, 4.69) is 34.8 Å². The Balaban J connectivity index is 1.50. The van der Waals surface area contributed by atoms with Crippen LogP contribution in [0.25, 0.3) is 0 Å². The van der Waals surface area contributed by atoms with Crippen molar-refractivity contribution in [2.75, 3.05) is 11.9 Å². The van der Waals surface area contributed by atoms with Gasteiger partial charge in [-0.25, -0.2) is 9.37 Å². The van der Waals surface area contributed by atoms with Crippen molar-refractivity contribution >= 4 is 40.7 Å². The molecule has 5 N–H and O–H groups in total. The van der Waals surface area contributed by atoms with Gasteiger partial charge in [-0.1, -0.05) is 43.1 Å². The molecular weight excluding hydrogens is 582 g/mol. The number of nitrogens with zero attached hydrogens (tertiary/aromatic N) is 1. The lowest BCUT2D eigenvalue weighted by molar-refractivity contribution is -0.125. The Labute approximate surface area is 254 Å². The lowest BCUT2D eigenvalue weighted by Crippen LogP contribution is -2.61. The van der Waals surface area contributed by atoms with Crippen molar-refractivity contribution in [2.45, 2.75) is 99.8 Å². The number of halogens is 3. The van der Waals surface area contributed by atoms with Crippen molar-refractivity contribution in [1.29, 1.82) is 0 Å². The molecule has 2 aliphatic heterocycles. The summed E-state index contributed by atoms with van der Waals surface area (Å²) in [5, 5.41) is 30.0. The van der Waals surface area contributed by atoms with E-state index < -0.39 is 34.3 Å². The van der Waals surface area contributed by atoms with E-state index in [0.29, 0.717) is 54.8 Å². The summed E-state index contributed by atoms with van der Waals surface area (Å²) in [6.07, 6.45) is 5.90. The number of carbonyl (C=O) groups is 2. The highest BCUT2D eigenvalue weighted by molar-refractivity contribution is 6.31. The summed E-state index contributed by atoms with van der Waals surface area (Å²) in [6.45, 7) is 4.07. The molecule has 1 saturated heterocycles. The maximum absolute atomic E-state index is 16.0. The van der Waals surface area contributed by atoms with Gasteiger partial charge in [0.1, 0.15) is 5.41 Å². The highest BCUT2D eigenvalue weighted by Crippen LogP contribution is 2.64. The molecule has 0 unspecified atom stereocenters. The Bertz CT molecular complexity index is 1420. The van der Waals surface area contributed by atoms with E-state index in [1.165, 1.54) is 12.3 Å². The monoisotopic (exact) mass is 618 g/mol. The molecule has 1 aromatic carbocycles. The molecule has 2 amide bonds. The van der Waals surface area contributed by atoms with Crippen LogP contribution in [0.15, 0.2) is 30.5 Å². The molecule has 3 atom stereocenters. The molecule has 3 heterocycles. The van der Waals surface area contributed by atoms with Crippen molar-refractivity contribution in [3.63, 3.8) is 0 Å². The highest BCUT2D eigenvalue weighted by Gasteiger charge is 2.73. The number of hydrogen-bond donors (Lipinski definition) is 5. The van der Waals surface area contributed by atoms with E-state index in [0.717, 1.165) is 12.8 Å². The number of aromatic nitrogens is 1. The molecule has 42 heavy (non-hydrogen) atoms. The number of anilines is 1. The average Bonchev–Trinajstić information content (AvgIpc) is 3.41. The number of carbonyl (C=O) groups excluding carboxylic acids is 2. The Morgan fingerprint density at radius 3 is 2.48 bits per heavy atom. The number of fused-ring (bicyclic) bond motifs is 3. The summed E-state index contributed by atoms with van der Waals surface area (Å²) in [6, 6.07) is 5.57. The third-order valence-electron chi connectivity index (χ3n) is 10.5. The minimum atomic E-state index is -1.33. The summed E-state index contributed by atoms with van der Waals surface area (Å²) in [5.74, 6) is -2.34. The lowest BCUT2D eigenvalue weighted by Gasteiger charge is -2.50. The van der Waals surface area contributed by atoms with Gasteiger partial charge in [0, 0.05) is 34.4 Å². The average molecular weight is 620 g/mol. The van der Waals surface area contributed by atoms with Gasteiger partial charge < -0.3 is 20.8 Å². The van der Waals surface area contributed by atoms with Gasteiger partial charge in [0.2, 0.25) is 11.8 Å². The van der Waals surface area contributed by atoms with Crippen LogP contribution in [-0.2, 0) is 15.0 Å². The molecule has 0 radical (unpaired) electrons. The molecule has 0 bridgehead atoms. The Morgan fingerprint density at radius 1 is 1.12 bits per heavy atom. The van der Waals surface area contributed by atoms with Crippen LogP contribution in [0.3, 0.4) is 0 Å². The summed E-state index contributed by atoms with van der Waals surface area (Å²) < 4.78 is 16.0. The zero-order valence-corrected chi connectivity index (χ0v) is 25.3. The van der Waals surface area contributed by atoms with Gasteiger partial charge in [-0.2, -0.15) is 0 Å². The number of benzene rings is 1. The first kappa shape index (κ1) is 29.8. The van der Waals surface area contributed by atoms with E-state index in [9.17, 15) is 19.8 Å². The number of aliphatic hydroxyl groups excluding tert-OH is 1. The number of hydrogen-bond acceptors (Lipinski definition) is 6. The third-order valence-corrected chi connectivity index (χ3v) is 11.0. The number of amides is 2. The van der Waals surface area contributed by atoms with E-state index >= 15 is 4.39 Å². The smallest absolute Gasteiger partial charge is 0.238 e. The van der Waals surface area contributed by atoms with Crippen LogP contribution in [-0.4, -0.2) is 56.8 Å². The minimum Gasteiger partial charge on any atom is -0.393 e. The van der Waals surface area contributed by atoms with Crippen LogP contribution in [0, 0.1) is 11.2 Å². The Hall–Kier alpha value is -2.30. The van der Waals surface area contributed by atoms with Crippen molar-refractivity contribution in [1.82, 2.24) is 15.6 Å². The van der Waals surface area contributed by atoms with E-state index in [-0.39, 0.29) is 40.6 Å². The lowest BCUT2D eigenvalue weighted by atomic mass is 9.53. The van der Waals surface area contributed by atoms with Crippen molar-refractivity contribution in [3.05, 3.63) is 57.6 Å². The standard InChI is InChI=1S/C31H37Cl2FN4O4/c1-28(2)10-12-30(13-11-28)31(20-4-3-17(32)15-21(20)37-27(31)41)22(19-7-14-35-25(33)23(19)34)24(38-30)26(40)36-18-5-8-29(42,16-39)9-6-18/h3-4,7,14-15,18,22,24,38-39,42H,5-6,8-13,16H2,1-2H3,(H,36,40)(H,37,41)/t18-,22-,24+,29+,31+/m0/s1. The van der Waals surface area contributed by atoms with Gasteiger partial charge in [-0.05, 0) is 86.1 Å². The molecular formula is C31H37Cl2FN4O4. The maximum atomic E-state index is 16.0. The second-order valence-corrected chi connectivity index (χ2v) is 14.3. The van der Waals surface area contributed by atoms with Crippen LogP contribution in [0.5, 0.6) is 0 Å². The predicted molar refractivity (Wildman–Crippen MR) is 158 cm³/mol. The number of nitrogens with one attached hydrogen (secondary N) is 3. The van der Waals surface area contributed by atoms with Crippen molar-refractivity contribution < 1.29 is 24.2 Å². The minimum absolute atomic E-state index is 0.0404. The molecule has 11 heteroatoms. The fourth-order valence-corrected chi connectivity index (χ4v) is 8.41. The van der Waals surface area contributed by atoms with Gasteiger partial charge in [0.25, 0.3) is 0 Å². The van der Waals surface area contributed by atoms with Gasteiger partial charge in [0.05, 0.1) is 18.2 Å². The van der Waals surface area contributed by atoms with Crippen LogP contribution in [0.4, 0.5) is 10.1 Å². The van der Waals surface area contributed by atoms with E-state index in [1.807, 2.05) is 6.07 Å². The molecule has 3 fully saturated rings. The first-order valence-electron chi connectivity index (χ1n) is 14.7. The molecule has 2 aliphatic carbocycles. The maximum Gasteiger partial charge on any atom is 0.238 e. The van der Waals surface area contributed by atoms with Gasteiger partial charge in [-0.3, -0.25) is 14.9 Å². The van der Waals surface area contributed by atoms with E-state index in [1.54, 1.807) is 12.1 Å². The zero-order valence-electron chi connectivity index (χ0n) is 23.8. The second-order valence-electron chi connectivity index (χ2n) is 13.5. The number of rotatable bonds is 4. The first-order chi connectivity index (χ1) is 19.8. The molecule has 2 aromatic rings. The number of aliphatic hydroxyl groups is 2. The highest BCUT2D eigenvalue weighted by atomic mass is 35.5. The van der Waals surface area contributed by atoms with Crippen LogP contribution < -0.4 is 16.0 Å². The molecule has 2 spiro atoms. The molecule has 8 nitrogen and oxygen atoms in total. The third kappa shape index (κ3) is 4.54. The second kappa shape index (κ2) is 10.4. The van der Waals surface area contributed by atoms with Crippen molar-refractivity contribution in [3.8, 4) is 0 Å².